The van der Waals surface area contributed by atoms with Crippen molar-refractivity contribution in [2.24, 2.45) is 0 Å². The van der Waals surface area contributed by atoms with E-state index >= 15 is 0 Å². The van der Waals surface area contributed by atoms with Gasteiger partial charge in [0.25, 0.3) is 0 Å². The van der Waals surface area contributed by atoms with E-state index in [-0.39, 0.29) is 12.4 Å². The van der Waals surface area contributed by atoms with E-state index in [4.69, 9.17) is 14.2 Å². The van der Waals surface area contributed by atoms with Crippen molar-refractivity contribution in [1.29, 1.82) is 0 Å². The van der Waals surface area contributed by atoms with Crippen LogP contribution in [0.2, 0.25) is 0 Å². The van der Waals surface area contributed by atoms with Crippen molar-refractivity contribution in [3.8, 4) is 5.75 Å². The maximum atomic E-state index is 12.6. The van der Waals surface area contributed by atoms with Gasteiger partial charge in [0, 0.05) is 30.6 Å². The number of nitrogens with zero attached hydrogens (tertiary/aromatic N) is 1. The van der Waals surface area contributed by atoms with Crippen LogP contribution in [0.4, 0.5) is 0 Å². The van der Waals surface area contributed by atoms with Gasteiger partial charge < -0.3 is 18.8 Å². The minimum atomic E-state index is -0.530. The van der Waals surface area contributed by atoms with Crippen molar-refractivity contribution in [1.82, 2.24) is 4.57 Å². The lowest BCUT2D eigenvalue weighted by Gasteiger charge is -2.09. The number of aryl methyl sites for hydroxylation is 1. The maximum absolute atomic E-state index is 12.6. The second-order valence-electron chi connectivity index (χ2n) is 7.23. The summed E-state index contributed by atoms with van der Waals surface area (Å²) in [5, 5.41) is 0. The van der Waals surface area contributed by atoms with Crippen LogP contribution in [0.15, 0.2) is 60.7 Å². The Balaban J connectivity index is 1.54. The molecule has 3 aromatic rings. The van der Waals surface area contributed by atoms with E-state index in [9.17, 15) is 9.59 Å². The van der Waals surface area contributed by atoms with Gasteiger partial charge in [0.05, 0.1) is 12.2 Å². The van der Waals surface area contributed by atoms with Crippen LogP contribution in [0.1, 0.15) is 37.7 Å². The molecule has 6 heteroatoms. The van der Waals surface area contributed by atoms with Gasteiger partial charge in [0.2, 0.25) is 5.78 Å². The SMILES string of the molecule is COCCn1c(C)cc(C(=O)COC(=O)c2ccc(COc3ccccc3)cc2)c1C. The molecule has 162 valence electrons. The third-order valence-electron chi connectivity index (χ3n) is 5.07. The molecule has 0 saturated carbocycles. The molecule has 0 bridgehead atoms. The predicted octanol–water partition coefficient (Wildman–Crippen LogP) is 4.37. The van der Waals surface area contributed by atoms with Crippen LogP contribution in [0.5, 0.6) is 5.75 Å². The van der Waals surface area contributed by atoms with E-state index in [1.165, 1.54) is 0 Å². The van der Waals surface area contributed by atoms with Crippen LogP contribution in [0.25, 0.3) is 0 Å². The Morgan fingerprint density at radius 3 is 2.35 bits per heavy atom. The number of benzene rings is 2. The smallest absolute Gasteiger partial charge is 0.338 e. The molecule has 0 unspecified atom stereocenters. The monoisotopic (exact) mass is 421 g/mol. The molecule has 0 aliphatic heterocycles. The van der Waals surface area contributed by atoms with Crippen molar-refractivity contribution in [2.75, 3.05) is 20.3 Å². The number of carbonyl (C=O) groups excluding carboxylic acids is 2. The Labute approximate surface area is 182 Å². The van der Waals surface area contributed by atoms with Gasteiger partial charge in [-0.2, -0.15) is 0 Å². The first-order valence-electron chi connectivity index (χ1n) is 10.1. The van der Waals surface area contributed by atoms with Gasteiger partial charge >= 0.3 is 5.97 Å². The zero-order valence-electron chi connectivity index (χ0n) is 18.1. The average Bonchev–Trinajstić information content (AvgIpc) is 3.08. The number of ether oxygens (including phenoxy) is 3. The fourth-order valence-corrected chi connectivity index (χ4v) is 3.32. The summed E-state index contributed by atoms with van der Waals surface area (Å²) >= 11 is 0. The van der Waals surface area contributed by atoms with Gasteiger partial charge in [0.1, 0.15) is 12.4 Å². The fourth-order valence-electron chi connectivity index (χ4n) is 3.32. The number of para-hydroxylation sites is 1. The highest BCUT2D eigenvalue weighted by Gasteiger charge is 2.18. The molecule has 0 saturated heterocycles. The molecule has 0 atom stereocenters. The molecule has 1 heterocycles. The van der Waals surface area contributed by atoms with Gasteiger partial charge in [-0.3, -0.25) is 4.79 Å². The van der Waals surface area contributed by atoms with Crippen LogP contribution >= 0.6 is 0 Å². The highest BCUT2D eigenvalue weighted by atomic mass is 16.5. The quantitative estimate of drug-likeness (QED) is 0.359. The molecule has 6 nitrogen and oxygen atoms in total. The highest BCUT2D eigenvalue weighted by Crippen LogP contribution is 2.17. The van der Waals surface area contributed by atoms with Gasteiger partial charge in [-0.15, -0.1) is 0 Å². The third-order valence-corrected chi connectivity index (χ3v) is 5.07. The van der Waals surface area contributed by atoms with Gasteiger partial charge in [-0.25, -0.2) is 4.79 Å². The lowest BCUT2D eigenvalue weighted by molar-refractivity contribution is 0.0474. The molecule has 3 rings (SSSR count). The molecule has 2 aromatic carbocycles. The second kappa shape index (κ2) is 10.6. The summed E-state index contributed by atoms with van der Waals surface area (Å²) in [6, 6.07) is 18.3. The average molecular weight is 421 g/mol. The Morgan fingerprint density at radius 2 is 1.68 bits per heavy atom. The Hall–Kier alpha value is -3.38. The number of hydrogen-bond acceptors (Lipinski definition) is 5. The van der Waals surface area contributed by atoms with E-state index in [1.54, 1.807) is 19.2 Å². The van der Waals surface area contributed by atoms with Crippen molar-refractivity contribution in [3.05, 3.63) is 88.7 Å². The van der Waals surface area contributed by atoms with Gasteiger partial charge in [-0.05, 0) is 49.7 Å². The first kappa shape index (κ1) is 22.3. The summed E-state index contributed by atoms with van der Waals surface area (Å²) in [4.78, 5) is 24.9. The number of aromatic nitrogens is 1. The van der Waals surface area contributed by atoms with Crippen molar-refractivity contribution >= 4 is 11.8 Å². The van der Waals surface area contributed by atoms with Crippen LogP contribution < -0.4 is 4.74 Å². The zero-order chi connectivity index (χ0) is 22.2. The summed E-state index contributed by atoms with van der Waals surface area (Å²) in [7, 11) is 1.64. The Morgan fingerprint density at radius 1 is 0.968 bits per heavy atom. The number of rotatable bonds is 10. The molecular formula is C25H27NO5. The van der Waals surface area contributed by atoms with Gasteiger partial charge in [0.15, 0.2) is 6.61 Å². The molecule has 0 radical (unpaired) electrons. The second-order valence-corrected chi connectivity index (χ2v) is 7.23. The molecule has 0 aliphatic rings. The normalized spacial score (nSPS) is 10.7. The summed E-state index contributed by atoms with van der Waals surface area (Å²) in [6.07, 6.45) is 0. The van der Waals surface area contributed by atoms with E-state index in [0.29, 0.717) is 30.9 Å². The number of carbonyl (C=O) groups is 2. The van der Waals surface area contributed by atoms with Crippen molar-refractivity contribution in [2.45, 2.75) is 27.0 Å². The fraction of sp³-hybridized carbons (Fsp3) is 0.280. The summed E-state index contributed by atoms with van der Waals surface area (Å²) in [6.45, 7) is 5.15. The van der Waals surface area contributed by atoms with Crippen molar-refractivity contribution < 1.29 is 23.8 Å². The van der Waals surface area contributed by atoms with Gasteiger partial charge in [-0.1, -0.05) is 30.3 Å². The first-order chi connectivity index (χ1) is 15.0. The minimum Gasteiger partial charge on any atom is -0.489 e. The van der Waals surface area contributed by atoms with Crippen LogP contribution in [0.3, 0.4) is 0 Å². The number of hydrogen-bond donors (Lipinski definition) is 0. The van der Waals surface area contributed by atoms with Crippen LogP contribution in [-0.2, 0) is 22.6 Å². The Kier molecular flexibility index (Phi) is 7.62. The number of Topliss-reactive ketones (excluding diaryl/α,β-unsaturated/α-hetero) is 1. The third kappa shape index (κ3) is 5.83. The van der Waals surface area contributed by atoms with E-state index < -0.39 is 5.97 Å². The number of methoxy groups -OCH3 is 1. The lowest BCUT2D eigenvalue weighted by Crippen LogP contribution is -2.15. The van der Waals surface area contributed by atoms with E-state index in [2.05, 4.69) is 0 Å². The topological polar surface area (TPSA) is 66.8 Å². The zero-order valence-corrected chi connectivity index (χ0v) is 18.1. The first-order valence-corrected chi connectivity index (χ1v) is 10.1. The molecule has 0 aliphatic carbocycles. The van der Waals surface area contributed by atoms with Crippen LogP contribution in [0, 0.1) is 13.8 Å². The maximum Gasteiger partial charge on any atom is 0.338 e. The van der Waals surface area contributed by atoms with E-state index in [0.717, 1.165) is 22.7 Å². The largest absolute Gasteiger partial charge is 0.489 e. The molecule has 31 heavy (non-hydrogen) atoms. The molecule has 0 amide bonds. The molecule has 0 N–H and O–H groups in total. The highest BCUT2D eigenvalue weighted by molar-refractivity contribution is 6.00. The summed E-state index contributed by atoms with van der Waals surface area (Å²) < 4.78 is 18.1. The molecule has 0 spiro atoms. The van der Waals surface area contributed by atoms with Crippen LogP contribution in [-0.4, -0.2) is 36.6 Å². The molecule has 1 aromatic heterocycles. The summed E-state index contributed by atoms with van der Waals surface area (Å²) in [5.74, 6) is 0.0288. The number of esters is 1. The lowest BCUT2D eigenvalue weighted by atomic mass is 10.1. The van der Waals surface area contributed by atoms with Crippen molar-refractivity contribution in [3.63, 3.8) is 0 Å². The molecule has 0 fully saturated rings. The number of ketones is 1. The molecular weight excluding hydrogens is 394 g/mol. The summed E-state index contributed by atoms with van der Waals surface area (Å²) in [5.41, 5.74) is 3.70. The standard InChI is InChI=1S/C25H27NO5/c1-18-15-23(19(2)26(18)13-14-29-3)24(27)17-31-25(28)21-11-9-20(10-12-21)16-30-22-7-5-4-6-8-22/h4-12,15H,13-14,16-17H2,1-3H3. The minimum absolute atomic E-state index is 0.224. The van der Waals surface area contributed by atoms with E-state index in [1.807, 2.05) is 66.9 Å². The Bertz CT molecular complexity index is 1020. The predicted molar refractivity (Wildman–Crippen MR) is 118 cm³/mol.